The molecule has 0 radical (unpaired) electrons. The Hall–Kier alpha value is -3.76. The third-order valence-electron chi connectivity index (χ3n) is 6.97. The molecular formula is C31H44N8O2. The molecule has 4 aromatic rings. The van der Waals surface area contributed by atoms with Crippen molar-refractivity contribution in [2.45, 2.75) is 57.8 Å². The Morgan fingerprint density at radius 3 is 1.46 bits per heavy atom. The molecule has 2 heterocycles. The van der Waals surface area contributed by atoms with Gasteiger partial charge in [-0.15, -0.1) is 0 Å². The Morgan fingerprint density at radius 1 is 0.561 bits per heavy atom. The van der Waals surface area contributed by atoms with E-state index in [9.17, 15) is 9.59 Å². The largest absolute Gasteiger partial charge is 0.356 e. The SMILES string of the molecule is O=C(CCc1nc2ccccc2[nH]1)NCCCNCCCCCNCCCNC(=O)CCc1nc2ccccc2[nH]1. The van der Waals surface area contributed by atoms with Crippen molar-refractivity contribution in [1.29, 1.82) is 0 Å². The number of imidazole rings is 2. The zero-order valence-corrected chi connectivity index (χ0v) is 23.9. The van der Waals surface area contributed by atoms with Gasteiger partial charge in [0.1, 0.15) is 11.6 Å². The van der Waals surface area contributed by atoms with Crippen LogP contribution in [0.1, 0.15) is 56.6 Å². The minimum atomic E-state index is 0.0688. The maximum atomic E-state index is 12.1. The van der Waals surface area contributed by atoms with Crippen molar-refractivity contribution in [3.05, 3.63) is 60.2 Å². The van der Waals surface area contributed by atoms with Crippen LogP contribution in [0.2, 0.25) is 0 Å². The highest BCUT2D eigenvalue weighted by molar-refractivity contribution is 5.78. The highest BCUT2D eigenvalue weighted by Crippen LogP contribution is 2.12. The van der Waals surface area contributed by atoms with Crippen LogP contribution in [0.5, 0.6) is 0 Å². The number of aromatic amines is 2. The monoisotopic (exact) mass is 560 g/mol. The number of benzene rings is 2. The molecule has 0 unspecified atom stereocenters. The van der Waals surface area contributed by atoms with Gasteiger partial charge >= 0.3 is 0 Å². The average molecular weight is 561 g/mol. The number of amides is 2. The van der Waals surface area contributed by atoms with Crippen LogP contribution in [-0.2, 0) is 22.4 Å². The van der Waals surface area contributed by atoms with Crippen LogP contribution >= 0.6 is 0 Å². The van der Waals surface area contributed by atoms with E-state index < -0.39 is 0 Å². The summed E-state index contributed by atoms with van der Waals surface area (Å²) in [5, 5.41) is 12.9. The lowest BCUT2D eigenvalue weighted by molar-refractivity contribution is -0.121. The summed E-state index contributed by atoms with van der Waals surface area (Å²) in [6.45, 7) is 5.20. The standard InChI is InChI=1S/C31H44N8O2/c40-30(16-14-28-36-24-10-2-3-11-25(24)37-28)34-22-8-20-32-18-6-1-7-19-33-21-9-23-35-31(41)17-15-29-38-26-12-4-5-13-27(26)39-29/h2-5,10-13,32-33H,1,6-9,14-23H2,(H,34,40)(H,35,41)(H,36,37)(H,38,39). The van der Waals surface area contributed by atoms with Crippen LogP contribution in [-0.4, -0.2) is 71.0 Å². The van der Waals surface area contributed by atoms with E-state index in [-0.39, 0.29) is 11.8 Å². The number of fused-ring (bicyclic) bond motifs is 2. The zero-order chi connectivity index (χ0) is 28.5. The van der Waals surface area contributed by atoms with Crippen molar-refractivity contribution in [2.24, 2.45) is 0 Å². The van der Waals surface area contributed by atoms with Gasteiger partial charge in [0.2, 0.25) is 11.8 Å². The van der Waals surface area contributed by atoms with E-state index in [2.05, 4.69) is 41.2 Å². The number of carbonyl (C=O) groups excluding carboxylic acids is 2. The minimum Gasteiger partial charge on any atom is -0.356 e. The van der Waals surface area contributed by atoms with E-state index in [0.29, 0.717) is 38.8 Å². The fraction of sp³-hybridized carbons (Fsp3) is 0.484. The molecule has 10 heteroatoms. The second-order valence-corrected chi connectivity index (χ2v) is 10.4. The highest BCUT2D eigenvalue weighted by atomic mass is 16.2. The van der Waals surface area contributed by atoms with Gasteiger partial charge in [-0.2, -0.15) is 0 Å². The molecule has 41 heavy (non-hydrogen) atoms. The number of nitrogens with zero attached hydrogens (tertiary/aromatic N) is 2. The maximum absolute atomic E-state index is 12.1. The fourth-order valence-corrected chi connectivity index (χ4v) is 4.70. The molecule has 0 aliphatic heterocycles. The lowest BCUT2D eigenvalue weighted by atomic mass is 10.2. The maximum Gasteiger partial charge on any atom is 0.220 e. The van der Waals surface area contributed by atoms with Crippen LogP contribution in [0, 0.1) is 0 Å². The van der Waals surface area contributed by atoms with Crippen molar-refractivity contribution in [1.82, 2.24) is 41.2 Å². The predicted molar refractivity (Wildman–Crippen MR) is 164 cm³/mol. The average Bonchev–Trinajstić information content (AvgIpc) is 3.60. The number of hydrogen-bond donors (Lipinski definition) is 6. The molecule has 0 fully saturated rings. The number of nitrogens with one attached hydrogen (secondary N) is 6. The van der Waals surface area contributed by atoms with Crippen LogP contribution in [0.15, 0.2) is 48.5 Å². The summed E-state index contributed by atoms with van der Waals surface area (Å²) in [4.78, 5) is 39.7. The molecular weight excluding hydrogens is 516 g/mol. The van der Waals surface area contributed by atoms with Gasteiger partial charge in [-0.3, -0.25) is 9.59 Å². The van der Waals surface area contributed by atoms with Gasteiger partial charge in [0.25, 0.3) is 0 Å². The number of unbranched alkanes of at least 4 members (excludes halogenated alkanes) is 2. The Balaban J connectivity index is 0.875. The zero-order valence-electron chi connectivity index (χ0n) is 23.9. The minimum absolute atomic E-state index is 0.0688. The van der Waals surface area contributed by atoms with Crippen LogP contribution in [0.3, 0.4) is 0 Å². The summed E-state index contributed by atoms with van der Waals surface area (Å²) in [6.07, 6.45) is 7.45. The van der Waals surface area contributed by atoms with E-state index in [0.717, 1.165) is 85.6 Å². The summed E-state index contributed by atoms with van der Waals surface area (Å²) in [5.74, 6) is 1.85. The summed E-state index contributed by atoms with van der Waals surface area (Å²) < 4.78 is 0. The summed E-state index contributed by atoms with van der Waals surface area (Å²) >= 11 is 0. The van der Waals surface area contributed by atoms with Gasteiger partial charge in [-0.25, -0.2) is 9.97 Å². The molecule has 4 rings (SSSR count). The summed E-state index contributed by atoms with van der Waals surface area (Å²) in [6, 6.07) is 15.8. The predicted octanol–water partition coefficient (Wildman–Crippen LogP) is 3.37. The number of carbonyl (C=O) groups is 2. The molecule has 2 aromatic heterocycles. The van der Waals surface area contributed by atoms with Crippen molar-refractivity contribution in [2.75, 3.05) is 39.3 Å². The fourth-order valence-electron chi connectivity index (χ4n) is 4.70. The van der Waals surface area contributed by atoms with Gasteiger partial charge in [-0.05, 0) is 76.1 Å². The van der Waals surface area contributed by atoms with Gasteiger partial charge in [0.15, 0.2) is 0 Å². The third kappa shape index (κ3) is 11.0. The molecule has 6 N–H and O–H groups in total. The molecule has 0 spiro atoms. The Kier molecular flexibility index (Phi) is 12.6. The Labute approximate surface area is 241 Å². The van der Waals surface area contributed by atoms with Gasteiger partial charge in [-0.1, -0.05) is 30.7 Å². The second-order valence-electron chi connectivity index (χ2n) is 10.4. The Bertz CT molecular complexity index is 1180. The van der Waals surface area contributed by atoms with Crippen molar-refractivity contribution >= 4 is 33.9 Å². The lowest BCUT2D eigenvalue weighted by Gasteiger charge is -2.08. The molecule has 2 aromatic carbocycles. The number of hydrogen-bond acceptors (Lipinski definition) is 6. The van der Waals surface area contributed by atoms with E-state index in [1.54, 1.807) is 0 Å². The van der Waals surface area contributed by atoms with Gasteiger partial charge in [0, 0.05) is 38.8 Å². The quantitative estimate of drug-likeness (QED) is 0.0917. The molecule has 220 valence electrons. The molecule has 0 bridgehead atoms. The summed E-state index contributed by atoms with van der Waals surface area (Å²) in [7, 11) is 0. The van der Waals surface area contributed by atoms with Crippen molar-refractivity contribution < 1.29 is 9.59 Å². The number of rotatable bonds is 20. The van der Waals surface area contributed by atoms with Gasteiger partial charge < -0.3 is 31.2 Å². The van der Waals surface area contributed by atoms with Crippen molar-refractivity contribution in [3.8, 4) is 0 Å². The molecule has 0 saturated heterocycles. The molecule has 0 atom stereocenters. The number of para-hydroxylation sites is 4. The third-order valence-corrected chi connectivity index (χ3v) is 6.97. The first-order valence-corrected chi connectivity index (χ1v) is 15.0. The Morgan fingerprint density at radius 2 is 1.00 bits per heavy atom. The topological polar surface area (TPSA) is 140 Å². The van der Waals surface area contributed by atoms with E-state index in [1.807, 2.05) is 48.5 Å². The molecule has 0 aliphatic carbocycles. The molecule has 10 nitrogen and oxygen atoms in total. The number of H-pyrrole nitrogens is 2. The van der Waals surface area contributed by atoms with Gasteiger partial charge in [0.05, 0.1) is 22.1 Å². The first kappa shape index (κ1) is 30.2. The van der Waals surface area contributed by atoms with Crippen LogP contribution in [0.25, 0.3) is 22.1 Å². The normalized spacial score (nSPS) is 11.3. The van der Waals surface area contributed by atoms with E-state index >= 15 is 0 Å². The van der Waals surface area contributed by atoms with E-state index in [4.69, 9.17) is 0 Å². The molecule has 0 saturated carbocycles. The molecule has 2 amide bonds. The van der Waals surface area contributed by atoms with Crippen LogP contribution < -0.4 is 21.3 Å². The highest BCUT2D eigenvalue weighted by Gasteiger charge is 2.07. The number of aryl methyl sites for hydroxylation is 2. The number of aromatic nitrogens is 4. The first-order chi connectivity index (χ1) is 20.2. The smallest absolute Gasteiger partial charge is 0.220 e. The van der Waals surface area contributed by atoms with Crippen molar-refractivity contribution in [3.63, 3.8) is 0 Å². The molecule has 0 aliphatic rings. The second kappa shape index (κ2) is 17.1. The van der Waals surface area contributed by atoms with Crippen LogP contribution in [0.4, 0.5) is 0 Å². The summed E-state index contributed by atoms with van der Waals surface area (Å²) in [5.41, 5.74) is 3.90. The van der Waals surface area contributed by atoms with E-state index in [1.165, 1.54) is 6.42 Å². The lowest BCUT2D eigenvalue weighted by Crippen LogP contribution is -2.28. The first-order valence-electron chi connectivity index (χ1n) is 15.0.